The number of nitrogens with zero attached hydrogens (tertiary/aromatic N) is 2. The topological polar surface area (TPSA) is 67.5 Å². The number of amides is 1. The van der Waals surface area contributed by atoms with E-state index < -0.39 is 0 Å². The van der Waals surface area contributed by atoms with Crippen molar-refractivity contribution in [3.05, 3.63) is 46.5 Å². The monoisotopic (exact) mass is 357 g/mol. The highest BCUT2D eigenvalue weighted by atomic mass is 16.5. The number of aryl methyl sites for hydroxylation is 4. The number of methoxy groups -OCH3 is 1. The van der Waals surface area contributed by atoms with Crippen LogP contribution in [0.25, 0.3) is 0 Å². The van der Waals surface area contributed by atoms with Crippen molar-refractivity contribution in [1.29, 1.82) is 0 Å². The van der Waals surface area contributed by atoms with Crippen LogP contribution >= 0.6 is 0 Å². The number of carbonyl (C=O) groups excluding carboxylic acids is 1. The van der Waals surface area contributed by atoms with Crippen molar-refractivity contribution in [2.75, 3.05) is 20.3 Å². The van der Waals surface area contributed by atoms with Crippen molar-refractivity contribution >= 4 is 5.91 Å². The van der Waals surface area contributed by atoms with Gasteiger partial charge in [-0.25, -0.2) is 4.98 Å². The Hall–Kier alpha value is -2.34. The molecule has 2 atom stereocenters. The average molecular weight is 357 g/mol. The predicted octanol–water partition coefficient (Wildman–Crippen LogP) is 3.01. The minimum absolute atomic E-state index is 0.00913. The number of aromatic amines is 1. The van der Waals surface area contributed by atoms with E-state index in [1.54, 1.807) is 7.11 Å². The number of aromatic nitrogens is 2. The molecule has 1 amide bonds. The first-order valence-electron chi connectivity index (χ1n) is 8.95. The van der Waals surface area contributed by atoms with E-state index in [2.05, 4.69) is 9.97 Å². The van der Waals surface area contributed by atoms with Crippen molar-refractivity contribution in [3.63, 3.8) is 0 Å². The van der Waals surface area contributed by atoms with Crippen molar-refractivity contribution in [1.82, 2.24) is 14.9 Å². The Morgan fingerprint density at radius 3 is 2.54 bits per heavy atom. The fourth-order valence-electron chi connectivity index (χ4n) is 3.48. The van der Waals surface area contributed by atoms with Crippen LogP contribution in [0.2, 0.25) is 0 Å². The lowest BCUT2D eigenvalue weighted by Gasteiger charge is -2.23. The summed E-state index contributed by atoms with van der Waals surface area (Å²) in [5.41, 5.74) is 4.05. The highest BCUT2D eigenvalue weighted by Crippen LogP contribution is 2.32. The lowest BCUT2D eigenvalue weighted by molar-refractivity contribution is -0.134. The first kappa shape index (κ1) is 18.5. The van der Waals surface area contributed by atoms with Crippen LogP contribution in [0.1, 0.15) is 40.8 Å². The van der Waals surface area contributed by atoms with Gasteiger partial charge >= 0.3 is 0 Å². The van der Waals surface area contributed by atoms with E-state index >= 15 is 0 Å². The van der Waals surface area contributed by atoms with Gasteiger partial charge in [-0.2, -0.15) is 0 Å². The second-order valence-electron chi connectivity index (χ2n) is 7.00. The van der Waals surface area contributed by atoms with Crippen LogP contribution < -0.4 is 4.74 Å². The van der Waals surface area contributed by atoms with Crippen LogP contribution in [0.15, 0.2) is 18.2 Å². The molecule has 1 aromatic heterocycles. The largest absolute Gasteiger partial charge is 0.483 e. The van der Waals surface area contributed by atoms with E-state index in [9.17, 15) is 4.79 Å². The van der Waals surface area contributed by atoms with E-state index in [4.69, 9.17) is 9.47 Å². The summed E-state index contributed by atoms with van der Waals surface area (Å²) in [7, 11) is 1.68. The van der Waals surface area contributed by atoms with Crippen molar-refractivity contribution in [2.45, 2.75) is 46.3 Å². The van der Waals surface area contributed by atoms with E-state index in [1.807, 2.05) is 50.8 Å². The molecule has 0 spiro atoms. The highest BCUT2D eigenvalue weighted by molar-refractivity contribution is 5.78. The molecule has 0 radical (unpaired) electrons. The molecular weight excluding hydrogens is 330 g/mol. The minimum atomic E-state index is -0.110. The van der Waals surface area contributed by atoms with Gasteiger partial charge in [0.25, 0.3) is 5.91 Å². The normalized spacial score (nSPS) is 19.8. The quantitative estimate of drug-likeness (QED) is 0.893. The molecule has 26 heavy (non-hydrogen) atoms. The second-order valence-corrected chi connectivity index (χ2v) is 7.00. The van der Waals surface area contributed by atoms with Gasteiger partial charge in [0.15, 0.2) is 6.61 Å². The molecule has 6 nitrogen and oxygen atoms in total. The zero-order valence-corrected chi connectivity index (χ0v) is 16.1. The van der Waals surface area contributed by atoms with Crippen LogP contribution in [0.3, 0.4) is 0 Å². The maximum Gasteiger partial charge on any atom is 0.261 e. The molecule has 0 unspecified atom stereocenters. The average Bonchev–Trinajstić information content (AvgIpc) is 3.18. The smallest absolute Gasteiger partial charge is 0.261 e. The maximum atomic E-state index is 12.9. The molecule has 1 aromatic carbocycles. The first-order chi connectivity index (χ1) is 12.4. The molecule has 1 N–H and O–H groups in total. The van der Waals surface area contributed by atoms with Gasteiger partial charge in [-0.05, 0) is 38.8 Å². The summed E-state index contributed by atoms with van der Waals surface area (Å²) in [4.78, 5) is 22.6. The number of H-pyrrole nitrogens is 1. The molecule has 3 rings (SSSR count). The lowest BCUT2D eigenvalue weighted by Crippen LogP contribution is -2.36. The number of para-hydroxylation sites is 1. The van der Waals surface area contributed by atoms with Crippen LogP contribution in [0, 0.1) is 27.7 Å². The number of likely N-dealkylation sites (tertiary alicyclic amines) is 1. The van der Waals surface area contributed by atoms with Crippen molar-refractivity contribution < 1.29 is 14.3 Å². The minimum Gasteiger partial charge on any atom is -0.483 e. The third-order valence-corrected chi connectivity index (χ3v) is 5.13. The van der Waals surface area contributed by atoms with Gasteiger partial charge in [-0.1, -0.05) is 18.2 Å². The standard InChI is InChI=1S/C20H27N3O3/c1-12-7-6-8-13(2)19(12)26-11-18(24)23-10-16(25-5)9-17(23)20-21-14(3)15(4)22-20/h6-8,16-17H,9-11H2,1-5H3,(H,21,22)/t16-,17+/m1/s1. The predicted molar refractivity (Wildman–Crippen MR) is 99.3 cm³/mol. The maximum absolute atomic E-state index is 12.9. The molecule has 2 heterocycles. The number of nitrogens with one attached hydrogen (secondary N) is 1. The van der Waals surface area contributed by atoms with E-state index in [1.165, 1.54) is 0 Å². The number of hydrogen-bond acceptors (Lipinski definition) is 4. The van der Waals surface area contributed by atoms with Gasteiger partial charge in [0.2, 0.25) is 0 Å². The Bertz CT molecular complexity index is 760. The van der Waals surface area contributed by atoms with Crippen LogP contribution in [0.5, 0.6) is 5.75 Å². The summed E-state index contributed by atoms with van der Waals surface area (Å²) in [6.07, 6.45) is 0.743. The summed E-state index contributed by atoms with van der Waals surface area (Å²) in [5.74, 6) is 1.55. The Morgan fingerprint density at radius 1 is 1.27 bits per heavy atom. The van der Waals surface area contributed by atoms with Gasteiger partial charge in [0, 0.05) is 25.8 Å². The van der Waals surface area contributed by atoms with E-state index in [0.717, 1.165) is 40.5 Å². The Labute approximate surface area is 154 Å². The third kappa shape index (κ3) is 3.60. The SMILES string of the molecule is CO[C@@H]1C[C@@H](c2nc(C)c(C)[nH]2)N(C(=O)COc2c(C)cccc2C)C1. The van der Waals surface area contributed by atoms with Gasteiger partial charge in [-0.15, -0.1) is 0 Å². The van der Waals surface area contributed by atoms with Crippen molar-refractivity contribution in [2.24, 2.45) is 0 Å². The second kappa shape index (κ2) is 7.50. The summed E-state index contributed by atoms with van der Waals surface area (Å²) >= 11 is 0. The molecule has 6 heteroatoms. The molecule has 0 aliphatic carbocycles. The molecular formula is C20H27N3O3. The third-order valence-electron chi connectivity index (χ3n) is 5.13. The van der Waals surface area contributed by atoms with Gasteiger partial charge in [0.05, 0.1) is 17.8 Å². The van der Waals surface area contributed by atoms with Crippen LogP contribution in [-0.2, 0) is 9.53 Å². The summed E-state index contributed by atoms with van der Waals surface area (Å²) in [5, 5.41) is 0. The fraction of sp³-hybridized carbons (Fsp3) is 0.500. The summed E-state index contributed by atoms with van der Waals surface area (Å²) in [6.45, 7) is 8.49. The van der Waals surface area contributed by atoms with E-state index in [-0.39, 0.29) is 24.7 Å². The van der Waals surface area contributed by atoms with Crippen molar-refractivity contribution in [3.8, 4) is 5.75 Å². The molecule has 1 fully saturated rings. The Balaban J connectivity index is 1.75. The molecule has 0 bridgehead atoms. The molecule has 1 aliphatic heterocycles. The van der Waals surface area contributed by atoms with Gasteiger partial charge in [-0.3, -0.25) is 4.79 Å². The summed E-state index contributed by atoms with van der Waals surface area (Å²) in [6, 6.07) is 5.85. The Kier molecular flexibility index (Phi) is 5.32. The number of ether oxygens (including phenoxy) is 2. The molecule has 2 aromatic rings. The van der Waals surface area contributed by atoms with Crippen LogP contribution in [0.4, 0.5) is 0 Å². The Morgan fingerprint density at radius 2 is 1.96 bits per heavy atom. The van der Waals surface area contributed by atoms with Crippen LogP contribution in [-0.4, -0.2) is 47.1 Å². The number of carbonyl (C=O) groups is 1. The zero-order valence-electron chi connectivity index (χ0n) is 16.1. The first-order valence-corrected chi connectivity index (χ1v) is 8.95. The zero-order chi connectivity index (χ0) is 18.8. The number of imidazole rings is 1. The summed E-state index contributed by atoms with van der Waals surface area (Å²) < 4.78 is 11.4. The number of hydrogen-bond donors (Lipinski definition) is 1. The number of rotatable bonds is 5. The highest BCUT2D eigenvalue weighted by Gasteiger charge is 2.38. The van der Waals surface area contributed by atoms with E-state index in [0.29, 0.717) is 6.54 Å². The lowest BCUT2D eigenvalue weighted by atomic mass is 10.1. The molecule has 1 saturated heterocycles. The molecule has 140 valence electrons. The van der Waals surface area contributed by atoms with Gasteiger partial charge in [0.1, 0.15) is 11.6 Å². The fourth-order valence-corrected chi connectivity index (χ4v) is 3.48. The number of benzene rings is 1. The van der Waals surface area contributed by atoms with Gasteiger partial charge < -0.3 is 19.4 Å². The molecule has 1 aliphatic rings. The molecule has 0 saturated carbocycles.